The molecule has 0 spiro atoms. The van der Waals surface area contributed by atoms with Crippen molar-refractivity contribution < 1.29 is 9.90 Å². The number of nitrogens with zero attached hydrogens (tertiary/aromatic N) is 2. The highest BCUT2D eigenvalue weighted by atomic mass is 16.3. The molecular formula is C22H28N2O2. The van der Waals surface area contributed by atoms with Crippen molar-refractivity contribution in [2.45, 2.75) is 18.9 Å². The summed E-state index contributed by atoms with van der Waals surface area (Å²) in [5.74, 6) is 0.616. The van der Waals surface area contributed by atoms with Crippen molar-refractivity contribution in [1.82, 2.24) is 9.80 Å². The largest absolute Gasteiger partial charge is 0.387 e. The molecule has 0 bridgehead atoms. The van der Waals surface area contributed by atoms with E-state index >= 15 is 0 Å². The van der Waals surface area contributed by atoms with E-state index in [1.165, 1.54) is 0 Å². The van der Waals surface area contributed by atoms with Crippen LogP contribution < -0.4 is 0 Å². The Morgan fingerprint density at radius 3 is 2.27 bits per heavy atom. The maximum absolute atomic E-state index is 12.5. The van der Waals surface area contributed by atoms with Gasteiger partial charge in [-0.2, -0.15) is 0 Å². The summed E-state index contributed by atoms with van der Waals surface area (Å²) in [6, 6.07) is 19.3. The third-order valence-corrected chi connectivity index (χ3v) is 5.22. The molecule has 1 atom stereocenters. The van der Waals surface area contributed by atoms with Gasteiger partial charge in [-0.15, -0.1) is 0 Å². The Labute approximate surface area is 156 Å². The highest BCUT2D eigenvalue weighted by Crippen LogP contribution is 2.21. The van der Waals surface area contributed by atoms with E-state index in [0.717, 1.165) is 43.6 Å². The van der Waals surface area contributed by atoms with Gasteiger partial charge < -0.3 is 14.9 Å². The Kier molecular flexibility index (Phi) is 6.42. The predicted octanol–water partition coefficient (Wildman–Crippen LogP) is 3.20. The van der Waals surface area contributed by atoms with Gasteiger partial charge in [0.05, 0.1) is 6.10 Å². The Morgan fingerprint density at radius 1 is 1.08 bits per heavy atom. The monoisotopic (exact) mass is 352 g/mol. The van der Waals surface area contributed by atoms with Gasteiger partial charge in [0.25, 0.3) is 5.91 Å². The van der Waals surface area contributed by atoms with Crippen LogP contribution in [0.25, 0.3) is 0 Å². The predicted molar refractivity (Wildman–Crippen MR) is 104 cm³/mol. The standard InChI is InChI=1S/C22H28N2O2/c1-23(22(26)20-10-6-3-7-11-20)16-18-12-14-24(15-13-18)17-21(25)19-8-4-2-5-9-19/h2-11,18,21,25H,12-17H2,1H3/t21-/m1/s1. The van der Waals surface area contributed by atoms with E-state index in [0.29, 0.717) is 12.5 Å². The second-order valence-electron chi connectivity index (χ2n) is 7.22. The first kappa shape index (κ1) is 18.6. The molecule has 0 saturated carbocycles. The highest BCUT2D eigenvalue weighted by Gasteiger charge is 2.24. The highest BCUT2D eigenvalue weighted by molar-refractivity contribution is 5.93. The quantitative estimate of drug-likeness (QED) is 0.868. The fraction of sp³-hybridized carbons (Fsp3) is 0.409. The summed E-state index contributed by atoms with van der Waals surface area (Å²) in [6.07, 6.45) is 1.69. The van der Waals surface area contributed by atoms with Gasteiger partial charge in [0.15, 0.2) is 0 Å². The van der Waals surface area contributed by atoms with Gasteiger partial charge in [0.2, 0.25) is 0 Å². The van der Waals surface area contributed by atoms with Crippen LogP contribution in [0.5, 0.6) is 0 Å². The van der Waals surface area contributed by atoms with Crippen LogP contribution in [0.15, 0.2) is 60.7 Å². The molecule has 4 heteroatoms. The molecule has 2 aromatic carbocycles. The Morgan fingerprint density at radius 2 is 1.65 bits per heavy atom. The third-order valence-electron chi connectivity index (χ3n) is 5.22. The number of likely N-dealkylation sites (tertiary alicyclic amines) is 1. The van der Waals surface area contributed by atoms with Crippen molar-refractivity contribution in [3.05, 3.63) is 71.8 Å². The second kappa shape index (κ2) is 8.97. The normalized spacial score (nSPS) is 17.0. The molecule has 3 rings (SSSR count). The van der Waals surface area contributed by atoms with Gasteiger partial charge in [-0.3, -0.25) is 4.79 Å². The van der Waals surface area contributed by atoms with Gasteiger partial charge >= 0.3 is 0 Å². The van der Waals surface area contributed by atoms with E-state index in [-0.39, 0.29) is 5.91 Å². The molecule has 1 N–H and O–H groups in total. The summed E-state index contributed by atoms with van der Waals surface area (Å²) in [7, 11) is 1.89. The minimum Gasteiger partial charge on any atom is -0.387 e. The summed E-state index contributed by atoms with van der Waals surface area (Å²) in [4.78, 5) is 16.6. The fourth-order valence-corrected chi connectivity index (χ4v) is 3.65. The van der Waals surface area contributed by atoms with Crippen molar-refractivity contribution in [2.75, 3.05) is 33.2 Å². The van der Waals surface area contributed by atoms with Crippen molar-refractivity contribution in [2.24, 2.45) is 5.92 Å². The lowest BCUT2D eigenvalue weighted by atomic mass is 9.95. The lowest BCUT2D eigenvalue weighted by Gasteiger charge is -2.34. The molecule has 0 radical (unpaired) electrons. The third kappa shape index (κ3) is 4.93. The van der Waals surface area contributed by atoms with Gasteiger partial charge in [-0.1, -0.05) is 48.5 Å². The summed E-state index contributed by atoms with van der Waals surface area (Å²) in [5, 5.41) is 10.4. The molecule has 1 aliphatic heterocycles. The first-order valence-corrected chi connectivity index (χ1v) is 9.39. The minimum atomic E-state index is -0.435. The van der Waals surface area contributed by atoms with Crippen LogP contribution in [0.3, 0.4) is 0 Å². The molecule has 4 nitrogen and oxygen atoms in total. The molecule has 2 aromatic rings. The number of rotatable bonds is 6. The Hall–Kier alpha value is -2.17. The molecule has 138 valence electrons. The second-order valence-corrected chi connectivity index (χ2v) is 7.22. The molecule has 1 heterocycles. The number of aliphatic hydroxyl groups is 1. The summed E-state index contributed by atoms with van der Waals surface area (Å²) >= 11 is 0. The molecule has 1 aliphatic rings. The number of piperidine rings is 1. The van der Waals surface area contributed by atoms with Crippen LogP contribution in [0.2, 0.25) is 0 Å². The van der Waals surface area contributed by atoms with E-state index in [9.17, 15) is 9.90 Å². The number of hydrogen-bond acceptors (Lipinski definition) is 3. The van der Waals surface area contributed by atoms with Crippen molar-refractivity contribution in [3.8, 4) is 0 Å². The number of benzene rings is 2. The number of amides is 1. The fourth-order valence-electron chi connectivity index (χ4n) is 3.65. The smallest absolute Gasteiger partial charge is 0.253 e. The summed E-state index contributed by atoms with van der Waals surface area (Å²) < 4.78 is 0. The van der Waals surface area contributed by atoms with Gasteiger partial charge in [0.1, 0.15) is 0 Å². The maximum atomic E-state index is 12.5. The molecule has 0 aromatic heterocycles. The topological polar surface area (TPSA) is 43.8 Å². The van der Waals surface area contributed by atoms with Crippen LogP contribution >= 0.6 is 0 Å². The van der Waals surface area contributed by atoms with Gasteiger partial charge in [-0.25, -0.2) is 0 Å². The van der Waals surface area contributed by atoms with E-state index in [1.807, 2.05) is 72.6 Å². The molecular weight excluding hydrogens is 324 g/mol. The van der Waals surface area contributed by atoms with E-state index in [1.54, 1.807) is 0 Å². The lowest BCUT2D eigenvalue weighted by molar-refractivity contribution is 0.0681. The number of carbonyl (C=O) groups excluding carboxylic acids is 1. The van der Waals surface area contributed by atoms with Crippen LogP contribution in [-0.2, 0) is 0 Å². The first-order chi connectivity index (χ1) is 12.6. The van der Waals surface area contributed by atoms with Crippen LogP contribution in [0.1, 0.15) is 34.9 Å². The molecule has 1 amide bonds. The number of β-amino-alcohol motifs (C(OH)–C–C–N with tert-alkyl or cyclic N) is 1. The average Bonchev–Trinajstić information content (AvgIpc) is 2.70. The van der Waals surface area contributed by atoms with E-state index in [4.69, 9.17) is 0 Å². The lowest BCUT2D eigenvalue weighted by Crippen LogP contribution is -2.40. The summed E-state index contributed by atoms with van der Waals surface area (Å²) in [6.45, 7) is 3.42. The van der Waals surface area contributed by atoms with Crippen LogP contribution in [-0.4, -0.2) is 54.0 Å². The number of carbonyl (C=O) groups is 1. The molecule has 1 saturated heterocycles. The van der Waals surface area contributed by atoms with Crippen molar-refractivity contribution in [1.29, 1.82) is 0 Å². The zero-order chi connectivity index (χ0) is 18.4. The minimum absolute atomic E-state index is 0.0903. The Balaban J connectivity index is 1.44. The first-order valence-electron chi connectivity index (χ1n) is 9.39. The zero-order valence-corrected chi connectivity index (χ0v) is 15.4. The van der Waals surface area contributed by atoms with E-state index < -0.39 is 6.10 Å². The van der Waals surface area contributed by atoms with Crippen molar-refractivity contribution in [3.63, 3.8) is 0 Å². The molecule has 26 heavy (non-hydrogen) atoms. The van der Waals surface area contributed by atoms with Crippen molar-refractivity contribution >= 4 is 5.91 Å². The molecule has 1 fully saturated rings. The average molecular weight is 352 g/mol. The van der Waals surface area contributed by atoms with Crippen LogP contribution in [0, 0.1) is 5.92 Å². The van der Waals surface area contributed by atoms with E-state index in [2.05, 4.69) is 4.90 Å². The summed E-state index contributed by atoms with van der Waals surface area (Å²) in [5.41, 5.74) is 1.72. The molecule has 0 aliphatic carbocycles. The van der Waals surface area contributed by atoms with Gasteiger partial charge in [0, 0.05) is 25.7 Å². The molecule has 0 unspecified atom stereocenters. The van der Waals surface area contributed by atoms with Gasteiger partial charge in [-0.05, 0) is 49.5 Å². The van der Waals surface area contributed by atoms with Crippen LogP contribution in [0.4, 0.5) is 0 Å². The number of hydrogen-bond donors (Lipinski definition) is 1. The number of aliphatic hydroxyl groups excluding tert-OH is 1. The Bertz CT molecular complexity index is 682. The SMILES string of the molecule is CN(CC1CCN(C[C@@H](O)c2ccccc2)CC1)C(=O)c1ccccc1. The zero-order valence-electron chi connectivity index (χ0n) is 15.4. The maximum Gasteiger partial charge on any atom is 0.253 e.